The van der Waals surface area contributed by atoms with Crippen LogP contribution in [0.3, 0.4) is 0 Å². The van der Waals surface area contributed by atoms with E-state index >= 15 is 0 Å². The molecule has 0 saturated carbocycles. The van der Waals surface area contributed by atoms with Crippen molar-refractivity contribution in [3.63, 3.8) is 0 Å². The third kappa shape index (κ3) is 2.42. The van der Waals surface area contributed by atoms with Crippen LogP contribution in [-0.4, -0.2) is 19.3 Å². The van der Waals surface area contributed by atoms with Crippen LogP contribution < -0.4 is 5.32 Å². The maximum atomic E-state index is 4.53. The third-order valence-corrected chi connectivity index (χ3v) is 3.07. The molecule has 1 aromatic carbocycles. The maximum absolute atomic E-state index is 4.53. The predicted molar refractivity (Wildman–Crippen MR) is 79.5 cm³/mol. The van der Waals surface area contributed by atoms with Crippen LogP contribution in [0.4, 0.5) is 11.6 Å². The monoisotopic (exact) mass is 267 g/mol. The lowest BCUT2D eigenvalue weighted by atomic mass is 10.3. The van der Waals surface area contributed by atoms with Crippen molar-refractivity contribution in [1.82, 2.24) is 19.3 Å². The highest BCUT2D eigenvalue weighted by atomic mass is 15.3. The molecule has 0 radical (unpaired) electrons. The Bertz CT molecular complexity index is 696. The van der Waals surface area contributed by atoms with Crippen molar-refractivity contribution >= 4 is 11.6 Å². The molecule has 0 atom stereocenters. The van der Waals surface area contributed by atoms with E-state index in [2.05, 4.69) is 34.5 Å². The van der Waals surface area contributed by atoms with Gasteiger partial charge in [-0.2, -0.15) is 5.10 Å². The van der Waals surface area contributed by atoms with E-state index in [1.165, 1.54) is 0 Å². The van der Waals surface area contributed by atoms with E-state index in [1.807, 2.05) is 53.0 Å². The number of nitrogens with zero attached hydrogens (tertiary/aromatic N) is 4. The molecule has 0 aliphatic carbocycles. The number of aryl methyl sites for hydroxylation is 2. The molecule has 2 aromatic heterocycles. The lowest BCUT2D eigenvalue weighted by Crippen LogP contribution is -2.00. The molecule has 102 valence electrons. The van der Waals surface area contributed by atoms with Crippen LogP contribution in [0.5, 0.6) is 0 Å². The minimum atomic E-state index is 0.796. The molecule has 5 nitrogen and oxygen atoms in total. The van der Waals surface area contributed by atoms with Crippen LogP contribution in [0.1, 0.15) is 12.6 Å². The van der Waals surface area contributed by atoms with Gasteiger partial charge in [-0.05, 0) is 26.0 Å². The van der Waals surface area contributed by atoms with Crippen molar-refractivity contribution in [2.24, 2.45) is 0 Å². The average molecular weight is 267 g/mol. The largest absolute Gasteiger partial charge is 0.323 e. The van der Waals surface area contributed by atoms with Crippen molar-refractivity contribution in [3.8, 4) is 5.69 Å². The highest BCUT2D eigenvalue weighted by molar-refractivity contribution is 5.54. The molecule has 0 spiro atoms. The highest BCUT2D eigenvalue weighted by Crippen LogP contribution is 2.20. The average Bonchev–Trinajstić information content (AvgIpc) is 3.07. The Hall–Kier alpha value is -2.56. The van der Waals surface area contributed by atoms with Gasteiger partial charge in [-0.1, -0.05) is 18.2 Å². The summed E-state index contributed by atoms with van der Waals surface area (Å²) in [5, 5.41) is 7.57. The number of hydrogen-bond acceptors (Lipinski definition) is 3. The van der Waals surface area contributed by atoms with Gasteiger partial charge in [-0.3, -0.25) is 9.25 Å². The molecule has 3 rings (SSSR count). The Labute approximate surface area is 117 Å². The summed E-state index contributed by atoms with van der Waals surface area (Å²) in [7, 11) is 0. The topological polar surface area (TPSA) is 47.7 Å². The first kappa shape index (κ1) is 12.5. The van der Waals surface area contributed by atoms with E-state index in [1.54, 1.807) is 0 Å². The first-order valence-corrected chi connectivity index (χ1v) is 6.67. The summed E-state index contributed by atoms with van der Waals surface area (Å²) in [5.74, 6) is 0.796. The van der Waals surface area contributed by atoms with Crippen LogP contribution in [-0.2, 0) is 6.54 Å². The minimum Gasteiger partial charge on any atom is -0.323 e. The maximum Gasteiger partial charge on any atom is 0.212 e. The van der Waals surface area contributed by atoms with Crippen molar-refractivity contribution in [1.29, 1.82) is 0 Å². The number of anilines is 2. The van der Waals surface area contributed by atoms with Gasteiger partial charge >= 0.3 is 0 Å². The second kappa shape index (κ2) is 5.21. The van der Waals surface area contributed by atoms with Gasteiger partial charge in [0.25, 0.3) is 0 Å². The van der Waals surface area contributed by atoms with Gasteiger partial charge in [-0.25, -0.2) is 4.98 Å². The smallest absolute Gasteiger partial charge is 0.212 e. The molecule has 5 heteroatoms. The van der Waals surface area contributed by atoms with E-state index in [4.69, 9.17) is 0 Å². The standard InChI is InChI=1S/C15H17N5/c1-3-19-11-13(9-16-19)18-15-17-12(2)10-20(15)14-7-5-4-6-8-14/h4-11H,3H2,1-2H3,(H,17,18). The summed E-state index contributed by atoms with van der Waals surface area (Å²) in [6.07, 6.45) is 5.80. The molecule has 0 amide bonds. The van der Waals surface area contributed by atoms with E-state index in [0.29, 0.717) is 0 Å². The molecule has 2 heterocycles. The molecule has 1 N–H and O–H groups in total. The van der Waals surface area contributed by atoms with Crippen LogP contribution in [0, 0.1) is 6.92 Å². The Kier molecular flexibility index (Phi) is 3.25. The second-order valence-electron chi connectivity index (χ2n) is 4.62. The summed E-state index contributed by atoms with van der Waals surface area (Å²) in [6.45, 7) is 4.90. The minimum absolute atomic E-state index is 0.796. The van der Waals surface area contributed by atoms with E-state index in [9.17, 15) is 0 Å². The molecule has 3 aromatic rings. The van der Waals surface area contributed by atoms with Gasteiger partial charge in [0, 0.05) is 24.6 Å². The second-order valence-corrected chi connectivity index (χ2v) is 4.62. The van der Waals surface area contributed by atoms with E-state index < -0.39 is 0 Å². The number of benzene rings is 1. The SMILES string of the molecule is CCn1cc(Nc2nc(C)cn2-c2ccccc2)cn1. The van der Waals surface area contributed by atoms with Crippen LogP contribution in [0.25, 0.3) is 5.69 Å². The summed E-state index contributed by atoms with van der Waals surface area (Å²) < 4.78 is 3.92. The van der Waals surface area contributed by atoms with Gasteiger partial charge in [0.1, 0.15) is 0 Å². The summed E-state index contributed by atoms with van der Waals surface area (Å²) in [4.78, 5) is 4.53. The fraction of sp³-hybridized carbons (Fsp3) is 0.200. The molecule has 0 unspecified atom stereocenters. The fourth-order valence-corrected chi connectivity index (χ4v) is 2.10. The molecule has 20 heavy (non-hydrogen) atoms. The number of rotatable bonds is 4. The quantitative estimate of drug-likeness (QED) is 0.790. The Balaban J connectivity index is 1.94. The van der Waals surface area contributed by atoms with Gasteiger partial charge in [0.15, 0.2) is 0 Å². The summed E-state index contributed by atoms with van der Waals surface area (Å²) in [6, 6.07) is 10.2. The summed E-state index contributed by atoms with van der Waals surface area (Å²) >= 11 is 0. The Morgan fingerprint density at radius 3 is 2.65 bits per heavy atom. The predicted octanol–water partition coefficient (Wildman–Crippen LogP) is 3.14. The zero-order chi connectivity index (χ0) is 13.9. The molecule has 0 fully saturated rings. The number of aromatic nitrogens is 4. The fourth-order valence-electron chi connectivity index (χ4n) is 2.10. The van der Waals surface area contributed by atoms with E-state index in [0.717, 1.165) is 29.6 Å². The molecule has 0 aliphatic heterocycles. The molecular weight excluding hydrogens is 250 g/mol. The van der Waals surface area contributed by atoms with Gasteiger partial charge in [0.2, 0.25) is 5.95 Å². The third-order valence-electron chi connectivity index (χ3n) is 3.07. The number of imidazole rings is 1. The van der Waals surface area contributed by atoms with Crippen LogP contribution in [0.15, 0.2) is 48.9 Å². The van der Waals surface area contributed by atoms with Crippen molar-refractivity contribution in [2.75, 3.05) is 5.32 Å². The lowest BCUT2D eigenvalue weighted by molar-refractivity contribution is 0.660. The highest BCUT2D eigenvalue weighted by Gasteiger charge is 2.08. The number of hydrogen-bond donors (Lipinski definition) is 1. The van der Waals surface area contributed by atoms with Crippen molar-refractivity contribution < 1.29 is 0 Å². The van der Waals surface area contributed by atoms with Crippen LogP contribution in [0.2, 0.25) is 0 Å². The Morgan fingerprint density at radius 1 is 1.15 bits per heavy atom. The normalized spacial score (nSPS) is 10.7. The van der Waals surface area contributed by atoms with Gasteiger partial charge in [-0.15, -0.1) is 0 Å². The summed E-state index contributed by atoms with van der Waals surface area (Å²) in [5.41, 5.74) is 2.99. The Morgan fingerprint density at radius 2 is 1.95 bits per heavy atom. The molecular formula is C15H17N5. The van der Waals surface area contributed by atoms with Crippen molar-refractivity contribution in [3.05, 3.63) is 54.6 Å². The lowest BCUT2D eigenvalue weighted by Gasteiger charge is -2.08. The van der Waals surface area contributed by atoms with Crippen LogP contribution >= 0.6 is 0 Å². The molecule has 0 saturated heterocycles. The number of para-hydroxylation sites is 1. The van der Waals surface area contributed by atoms with Gasteiger partial charge in [0.05, 0.1) is 17.6 Å². The van der Waals surface area contributed by atoms with Crippen molar-refractivity contribution in [2.45, 2.75) is 20.4 Å². The zero-order valence-corrected chi connectivity index (χ0v) is 11.6. The molecule has 0 bridgehead atoms. The zero-order valence-electron chi connectivity index (χ0n) is 11.6. The first-order chi connectivity index (χ1) is 9.76. The first-order valence-electron chi connectivity index (χ1n) is 6.67. The molecule has 0 aliphatic rings. The van der Waals surface area contributed by atoms with Gasteiger partial charge < -0.3 is 5.32 Å². The van der Waals surface area contributed by atoms with E-state index in [-0.39, 0.29) is 0 Å². The number of nitrogens with one attached hydrogen (secondary N) is 1.